The van der Waals surface area contributed by atoms with E-state index in [2.05, 4.69) is 32.8 Å². The Morgan fingerprint density at radius 1 is 1.19 bits per heavy atom. The van der Waals surface area contributed by atoms with Crippen molar-refractivity contribution in [2.45, 2.75) is 20.3 Å². The molecule has 7 heteroatoms. The van der Waals surface area contributed by atoms with Crippen LogP contribution in [-0.4, -0.2) is 68.0 Å². The van der Waals surface area contributed by atoms with E-state index in [0.717, 1.165) is 49.9 Å². The van der Waals surface area contributed by atoms with Gasteiger partial charge in [0.25, 0.3) is 0 Å². The van der Waals surface area contributed by atoms with Crippen LogP contribution in [0.15, 0.2) is 6.07 Å². The summed E-state index contributed by atoms with van der Waals surface area (Å²) in [5.41, 5.74) is 1.07. The first-order valence-corrected chi connectivity index (χ1v) is 9.43. The van der Waals surface area contributed by atoms with Crippen LogP contribution in [0.5, 0.6) is 0 Å². The number of nitrogens with zero attached hydrogens (tertiary/aromatic N) is 4. The fraction of sp³-hybridized carbons (Fsp3) is 0.714. The van der Waals surface area contributed by atoms with Crippen molar-refractivity contribution in [1.82, 2.24) is 14.9 Å². The monoisotopic (exact) mass is 312 g/mol. The van der Waals surface area contributed by atoms with Gasteiger partial charge >= 0.3 is 0 Å². The molecule has 1 saturated heterocycles. The third-order valence-electron chi connectivity index (χ3n) is 3.71. The lowest BCUT2D eigenvalue weighted by molar-refractivity contribution is 0.271. The number of aryl methyl sites for hydroxylation is 2. The lowest BCUT2D eigenvalue weighted by atomic mass is 10.2. The Balaban J connectivity index is 1.93. The van der Waals surface area contributed by atoms with Gasteiger partial charge in [0.1, 0.15) is 21.5 Å². The van der Waals surface area contributed by atoms with E-state index in [0.29, 0.717) is 6.54 Å². The third-order valence-corrected chi connectivity index (χ3v) is 4.64. The average molecular weight is 312 g/mol. The van der Waals surface area contributed by atoms with E-state index in [1.807, 2.05) is 6.92 Å². The number of piperazine rings is 1. The molecule has 1 aromatic heterocycles. The smallest absolute Gasteiger partial charge is 0.148 e. The van der Waals surface area contributed by atoms with Gasteiger partial charge in [-0.25, -0.2) is 18.4 Å². The van der Waals surface area contributed by atoms with Gasteiger partial charge in [0.2, 0.25) is 0 Å². The summed E-state index contributed by atoms with van der Waals surface area (Å²) in [4.78, 5) is 13.4. The van der Waals surface area contributed by atoms with Crippen LogP contribution in [0.4, 0.5) is 5.82 Å². The van der Waals surface area contributed by atoms with Crippen LogP contribution >= 0.6 is 0 Å². The van der Waals surface area contributed by atoms with E-state index in [1.165, 1.54) is 6.26 Å². The van der Waals surface area contributed by atoms with E-state index in [-0.39, 0.29) is 5.75 Å². The lowest BCUT2D eigenvalue weighted by Gasteiger charge is -2.35. The molecule has 2 heterocycles. The summed E-state index contributed by atoms with van der Waals surface area (Å²) in [6.45, 7) is 8.14. The van der Waals surface area contributed by atoms with E-state index in [9.17, 15) is 8.42 Å². The Kier molecular flexibility index (Phi) is 5.16. The molecule has 2 rings (SSSR count). The normalized spacial score (nSPS) is 17.2. The summed E-state index contributed by atoms with van der Waals surface area (Å²) in [7, 11) is -2.88. The van der Waals surface area contributed by atoms with Gasteiger partial charge in [-0.2, -0.15) is 0 Å². The third kappa shape index (κ3) is 4.93. The summed E-state index contributed by atoms with van der Waals surface area (Å²) in [6.07, 6.45) is 2.20. The Morgan fingerprint density at radius 2 is 1.86 bits per heavy atom. The van der Waals surface area contributed by atoms with Crippen LogP contribution in [0.2, 0.25) is 0 Å². The Labute approximate surface area is 127 Å². The maximum atomic E-state index is 11.2. The van der Waals surface area contributed by atoms with Crippen LogP contribution in [0.1, 0.15) is 18.4 Å². The van der Waals surface area contributed by atoms with Crippen molar-refractivity contribution in [3.63, 3.8) is 0 Å². The molecule has 1 aliphatic heterocycles. The van der Waals surface area contributed by atoms with Crippen LogP contribution in [-0.2, 0) is 16.3 Å². The Hall–Kier alpha value is -1.21. The van der Waals surface area contributed by atoms with Gasteiger partial charge in [-0.3, -0.25) is 4.90 Å². The first kappa shape index (κ1) is 16.2. The van der Waals surface area contributed by atoms with E-state index in [4.69, 9.17) is 0 Å². The molecule has 6 nitrogen and oxygen atoms in total. The van der Waals surface area contributed by atoms with E-state index < -0.39 is 9.84 Å². The van der Waals surface area contributed by atoms with Gasteiger partial charge in [0.15, 0.2) is 0 Å². The molecule has 0 atom stereocenters. The Bertz CT molecular complexity index is 581. The predicted octanol–water partition coefficient (Wildman–Crippen LogP) is 0.514. The zero-order valence-electron chi connectivity index (χ0n) is 13.0. The SMILES string of the molecule is CCc1cc(N2CCN(CCS(C)(=O)=O)CC2)nc(C)n1. The number of hydrogen-bond acceptors (Lipinski definition) is 6. The molecule has 0 radical (unpaired) electrons. The van der Waals surface area contributed by atoms with Crippen molar-refractivity contribution in [1.29, 1.82) is 0 Å². The van der Waals surface area contributed by atoms with Gasteiger partial charge < -0.3 is 4.90 Å². The number of aromatic nitrogens is 2. The standard InChI is InChI=1S/C14H24N4O2S/c1-4-13-11-14(16-12(2)15-13)18-7-5-17(6-8-18)9-10-21(3,19)20/h11H,4-10H2,1-3H3. The first-order valence-electron chi connectivity index (χ1n) is 7.37. The molecular weight excluding hydrogens is 288 g/mol. The Morgan fingerprint density at radius 3 is 2.43 bits per heavy atom. The fourth-order valence-corrected chi connectivity index (χ4v) is 3.04. The zero-order chi connectivity index (χ0) is 15.5. The largest absolute Gasteiger partial charge is 0.354 e. The molecule has 118 valence electrons. The van der Waals surface area contributed by atoms with Crippen molar-refractivity contribution in [3.8, 4) is 0 Å². The molecule has 0 spiro atoms. The second-order valence-corrected chi connectivity index (χ2v) is 7.84. The maximum Gasteiger partial charge on any atom is 0.148 e. The van der Waals surface area contributed by atoms with Crippen molar-refractivity contribution in [3.05, 3.63) is 17.6 Å². The molecule has 1 aromatic rings. The molecule has 0 saturated carbocycles. The number of sulfone groups is 1. The number of hydrogen-bond donors (Lipinski definition) is 0. The average Bonchev–Trinajstić information content (AvgIpc) is 2.44. The molecule has 1 aliphatic rings. The second kappa shape index (κ2) is 6.70. The summed E-state index contributed by atoms with van der Waals surface area (Å²) in [5, 5.41) is 0. The molecule has 0 aliphatic carbocycles. The summed E-state index contributed by atoms with van der Waals surface area (Å²) >= 11 is 0. The van der Waals surface area contributed by atoms with Gasteiger partial charge in [-0.05, 0) is 13.3 Å². The molecule has 1 fully saturated rings. The molecule has 0 unspecified atom stereocenters. The highest BCUT2D eigenvalue weighted by Gasteiger charge is 2.19. The maximum absolute atomic E-state index is 11.2. The summed E-state index contributed by atoms with van der Waals surface area (Å²) < 4.78 is 22.4. The van der Waals surface area contributed by atoms with Gasteiger partial charge in [-0.1, -0.05) is 6.92 Å². The van der Waals surface area contributed by atoms with Crippen molar-refractivity contribution in [2.24, 2.45) is 0 Å². The van der Waals surface area contributed by atoms with E-state index in [1.54, 1.807) is 0 Å². The van der Waals surface area contributed by atoms with Crippen molar-refractivity contribution >= 4 is 15.7 Å². The molecule has 0 amide bonds. The van der Waals surface area contributed by atoms with Gasteiger partial charge in [0, 0.05) is 50.7 Å². The second-order valence-electron chi connectivity index (χ2n) is 5.58. The van der Waals surface area contributed by atoms with Crippen LogP contribution in [0.25, 0.3) is 0 Å². The first-order chi connectivity index (χ1) is 9.87. The highest BCUT2D eigenvalue weighted by molar-refractivity contribution is 7.90. The minimum atomic E-state index is -2.88. The van der Waals surface area contributed by atoms with Gasteiger partial charge in [0.05, 0.1) is 5.75 Å². The number of anilines is 1. The van der Waals surface area contributed by atoms with Crippen LogP contribution in [0.3, 0.4) is 0 Å². The molecule has 0 N–H and O–H groups in total. The molecule has 0 bridgehead atoms. The van der Waals surface area contributed by atoms with E-state index >= 15 is 0 Å². The molecule has 0 aromatic carbocycles. The fourth-order valence-electron chi connectivity index (χ4n) is 2.45. The number of rotatable bonds is 5. The highest BCUT2D eigenvalue weighted by Crippen LogP contribution is 2.15. The minimum Gasteiger partial charge on any atom is -0.354 e. The van der Waals surface area contributed by atoms with Crippen LogP contribution in [0, 0.1) is 6.92 Å². The van der Waals surface area contributed by atoms with Crippen molar-refractivity contribution < 1.29 is 8.42 Å². The minimum absolute atomic E-state index is 0.236. The lowest BCUT2D eigenvalue weighted by Crippen LogP contribution is -2.48. The van der Waals surface area contributed by atoms with Crippen LogP contribution < -0.4 is 4.90 Å². The predicted molar refractivity (Wildman–Crippen MR) is 84.5 cm³/mol. The van der Waals surface area contributed by atoms with Crippen molar-refractivity contribution in [2.75, 3.05) is 49.6 Å². The van der Waals surface area contributed by atoms with Gasteiger partial charge in [-0.15, -0.1) is 0 Å². The zero-order valence-corrected chi connectivity index (χ0v) is 13.9. The quantitative estimate of drug-likeness (QED) is 0.789. The summed E-state index contributed by atoms with van der Waals surface area (Å²) in [6, 6.07) is 2.05. The highest BCUT2D eigenvalue weighted by atomic mass is 32.2. The summed E-state index contributed by atoms with van der Waals surface area (Å²) in [5.74, 6) is 2.03. The topological polar surface area (TPSA) is 66.4 Å². The molecular formula is C14H24N4O2S. The molecule has 21 heavy (non-hydrogen) atoms.